The minimum atomic E-state index is -0.459. The van der Waals surface area contributed by atoms with E-state index in [1.54, 1.807) is 12.1 Å². The first-order valence-electron chi connectivity index (χ1n) is 11.0. The molecule has 1 N–H and O–H groups in total. The van der Waals surface area contributed by atoms with Gasteiger partial charge in [0, 0.05) is 19.1 Å². The standard InChI is InChI=1S/C25H27N5O2/c26-18-25(12-10-22(11-13-25)30-14-16-31-17-15-30)20-6-8-21(9-7-20)29-24(28-19-27)32-23-4-2-1-3-5-23/h1-9,22H,10-17H2,(H,28,29). The molecule has 0 bridgehead atoms. The van der Waals surface area contributed by atoms with Crippen molar-refractivity contribution < 1.29 is 9.47 Å². The molecule has 0 radical (unpaired) electrons. The summed E-state index contributed by atoms with van der Waals surface area (Å²) in [6.07, 6.45) is 5.61. The van der Waals surface area contributed by atoms with Gasteiger partial charge in [-0.25, -0.2) is 5.32 Å². The van der Waals surface area contributed by atoms with Crippen molar-refractivity contribution in [2.24, 2.45) is 4.99 Å². The zero-order valence-electron chi connectivity index (χ0n) is 18.0. The third-order valence-electron chi connectivity index (χ3n) is 6.36. The molecule has 4 rings (SSSR count). The maximum absolute atomic E-state index is 10.1. The van der Waals surface area contributed by atoms with Gasteiger partial charge >= 0.3 is 6.02 Å². The highest BCUT2D eigenvalue weighted by atomic mass is 16.5. The van der Waals surface area contributed by atoms with Gasteiger partial charge in [-0.1, -0.05) is 30.3 Å². The second kappa shape index (κ2) is 10.3. The Morgan fingerprint density at radius 2 is 1.72 bits per heavy atom. The van der Waals surface area contributed by atoms with E-state index in [0.717, 1.165) is 57.6 Å². The van der Waals surface area contributed by atoms with Crippen molar-refractivity contribution in [1.82, 2.24) is 10.2 Å². The molecule has 2 aromatic carbocycles. The van der Waals surface area contributed by atoms with Gasteiger partial charge in [-0.05, 0) is 55.5 Å². The average molecular weight is 430 g/mol. The lowest BCUT2D eigenvalue weighted by Gasteiger charge is -2.41. The number of para-hydroxylation sites is 1. The molecule has 2 aliphatic rings. The fourth-order valence-corrected chi connectivity index (χ4v) is 4.56. The van der Waals surface area contributed by atoms with E-state index in [0.29, 0.717) is 17.5 Å². The number of hydrogen-bond donors (Lipinski definition) is 1. The molecule has 1 aliphatic carbocycles. The maximum Gasteiger partial charge on any atom is 0.309 e. The van der Waals surface area contributed by atoms with Crippen LogP contribution in [0.4, 0.5) is 5.69 Å². The van der Waals surface area contributed by atoms with Crippen LogP contribution in [-0.2, 0) is 10.2 Å². The smallest absolute Gasteiger partial charge is 0.309 e. The van der Waals surface area contributed by atoms with Crippen molar-refractivity contribution in [3.63, 3.8) is 0 Å². The normalized spacial score (nSPS) is 24.2. The van der Waals surface area contributed by atoms with Crippen LogP contribution in [0, 0.1) is 22.8 Å². The van der Waals surface area contributed by atoms with Crippen LogP contribution >= 0.6 is 0 Å². The van der Waals surface area contributed by atoms with Crippen LogP contribution < -0.4 is 10.1 Å². The lowest BCUT2D eigenvalue weighted by atomic mass is 9.69. The Hall–Kier alpha value is -3.39. The minimum absolute atomic E-state index is 0.104. The van der Waals surface area contributed by atoms with Gasteiger partial charge in [0.05, 0.1) is 30.4 Å². The quantitative estimate of drug-likeness (QED) is 0.343. The van der Waals surface area contributed by atoms with Gasteiger partial charge in [-0.3, -0.25) is 4.90 Å². The Bertz CT molecular complexity index is 993. The molecule has 7 heteroatoms. The molecular formula is C25H27N5O2. The lowest BCUT2D eigenvalue weighted by Crippen LogP contribution is -2.47. The fraction of sp³-hybridized carbons (Fsp3) is 0.400. The first kappa shape index (κ1) is 21.8. The van der Waals surface area contributed by atoms with Gasteiger partial charge in [0.15, 0.2) is 6.19 Å². The number of nitrogens with zero attached hydrogens (tertiary/aromatic N) is 4. The summed E-state index contributed by atoms with van der Waals surface area (Å²) in [6.45, 7) is 3.58. The zero-order valence-corrected chi connectivity index (χ0v) is 18.0. The fourth-order valence-electron chi connectivity index (χ4n) is 4.56. The van der Waals surface area contributed by atoms with Crippen LogP contribution in [-0.4, -0.2) is 43.3 Å². The topological polar surface area (TPSA) is 93.7 Å². The molecule has 1 saturated carbocycles. The van der Waals surface area contributed by atoms with E-state index < -0.39 is 5.41 Å². The van der Waals surface area contributed by atoms with Gasteiger partial charge in [0.25, 0.3) is 0 Å². The van der Waals surface area contributed by atoms with E-state index in [2.05, 4.69) is 21.3 Å². The Balaban J connectivity index is 1.45. The molecule has 0 unspecified atom stereocenters. The van der Waals surface area contributed by atoms with Gasteiger partial charge in [-0.2, -0.15) is 15.5 Å². The number of nitriles is 2. The second-order valence-corrected chi connectivity index (χ2v) is 8.19. The number of benzene rings is 2. The SMILES string of the molecule is N#CNC(=Nc1ccc(C2(C#N)CCC(N3CCOCC3)CC2)cc1)Oc1ccccc1. The molecule has 0 aromatic heterocycles. The minimum Gasteiger partial charge on any atom is -0.425 e. The number of morpholine rings is 1. The van der Waals surface area contributed by atoms with Gasteiger partial charge < -0.3 is 9.47 Å². The van der Waals surface area contributed by atoms with E-state index in [9.17, 15) is 5.26 Å². The molecule has 1 saturated heterocycles. The number of rotatable bonds is 4. The summed E-state index contributed by atoms with van der Waals surface area (Å²) in [5.41, 5.74) is 1.22. The van der Waals surface area contributed by atoms with E-state index in [1.807, 2.05) is 48.7 Å². The summed E-state index contributed by atoms with van der Waals surface area (Å²) in [7, 11) is 0. The number of hydrogen-bond acceptors (Lipinski definition) is 6. The first-order chi connectivity index (χ1) is 15.7. The molecule has 1 aliphatic heterocycles. The third-order valence-corrected chi connectivity index (χ3v) is 6.36. The number of nitrogens with one attached hydrogen (secondary N) is 1. The largest absolute Gasteiger partial charge is 0.425 e. The molecule has 2 aromatic rings. The van der Waals surface area contributed by atoms with E-state index in [-0.39, 0.29) is 6.02 Å². The number of amidine groups is 1. The molecule has 2 fully saturated rings. The van der Waals surface area contributed by atoms with Crippen LogP contribution in [0.5, 0.6) is 5.75 Å². The number of ether oxygens (including phenoxy) is 2. The third kappa shape index (κ3) is 5.08. The second-order valence-electron chi connectivity index (χ2n) is 8.19. The van der Waals surface area contributed by atoms with Crippen molar-refractivity contribution in [3.05, 3.63) is 60.2 Å². The monoisotopic (exact) mass is 429 g/mol. The predicted octanol–water partition coefficient (Wildman–Crippen LogP) is 3.86. The van der Waals surface area contributed by atoms with E-state index in [1.165, 1.54) is 0 Å². The van der Waals surface area contributed by atoms with Crippen LogP contribution in [0.1, 0.15) is 31.2 Å². The molecule has 32 heavy (non-hydrogen) atoms. The van der Waals surface area contributed by atoms with Gasteiger partial charge in [0.2, 0.25) is 0 Å². The zero-order chi connectivity index (χ0) is 22.2. The van der Waals surface area contributed by atoms with Crippen LogP contribution in [0.3, 0.4) is 0 Å². The summed E-state index contributed by atoms with van der Waals surface area (Å²) in [6, 6.07) is 20.1. The predicted molar refractivity (Wildman–Crippen MR) is 121 cm³/mol. The van der Waals surface area contributed by atoms with Crippen molar-refractivity contribution in [2.45, 2.75) is 37.1 Å². The van der Waals surface area contributed by atoms with Gasteiger partial charge in [0.1, 0.15) is 5.75 Å². The summed E-state index contributed by atoms with van der Waals surface area (Å²) < 4.78 is 11.1. The van der Waals surface area contributed by atoms with Crippen LogP contribution in [0.25, 0.3) is 0 Å². The molecule has 0 amide bonds. The van der Waals surface area contributed by atoms with Crippen LogP contribution in [0.15, 0.2) is 59.6 Å². The lowest BCUT2D eigenvalue weighted by molar-refractivity contribution is 0.00507. The van der Waals surface area contributed by atoms with Crippen molar-refractivity contribution in [3.8, 4) is 18.0 Å². The highest BCUT2D eigenvalue weighted by Crippen LogP contribution is 2.41. The first-order valence-corrected chi connectivity index (χ1v) is 11.0. The number of aliphatic imine (C=N–C) groups is 1. The molecule has 164 valence electrons. The molecular weight excluding hydrogens is 402 g/mol. The molecule has 0 spiro atoms. The summed E-state index contributed by atoms with van der Waals surface area (Å²) in [4.78, 5) is 6.92. The summed E-state index contributed by atoms with van der Waals surface area (Å²) >= 11 is 0. The molecule has 1 heterocycles. The Morgan fingerprint density at radius 1 is 1.03 bits per heavy atom. The maximum atomic E-state index is 10.1. The van der Waals surface area contributed by atoms with Crippen LogP contribution in [0.2, 0.25) is 0 Å². The molecule has 0 atom stereocenters. The summed E-state index contributed by atoms with van der Waals surface area (Å²) in [5, 5.41) is 21.6. The van der Waals surface area contributed by atoms with E-state index in [4.69, 9.17) is 14.7 Å². The van der Waals surface area contributed by atoms with E-state index >= 15 is 0 Å². The molecule has 7 nitrogen and oxygen atoms in total. The summed E-state index contributed by atoms with van der Waals surface area (Å²) in [5.74, 6) is 0.589. The Kier molecular flexibility index (Phi) is 7.01. The van der Waals surface area contributed by atoms with Crippen molar-refractivity contribution in [1.29, 1.82) is 10.5 Å². The Morgan fingerprint density at radius 3 is 2.34 bits per heavy atom. The Labute approximate surface area is 188 Å². The average Bonchev–Trinajstić information content (AvgIpc) is 2.86. The highest BCUT2D eigenvalue weighted by Gasteiger charge is 2.38. The van der Waals surface area contributed by atoms with Crippen molar-refractivity contribution >= 4 is 11.7 Å². The van der Waals surface area contributed by atoms with Gasteiger partial charge in [-0.15, -0.1) is 0 Å². The highest BCUT2D eigenvalue weighted by molar-refractivity contribution is 5.80. The van der Waals surface area contributed by atoms with Crippen molar-refractivity contribution in [2.75, 3.05) is 26.3 Å².